The molecule has 3 aliphatic rings. The number of hydrogen-bond donors (Lipinski definition) is 0. The third-order valence-electron chi connectivity index (χ3n) is 5.62. The number of Topliss-reactive ketones (excluding diaryl/α,β-unsaturated/α-hetero) is 1. The second-order valence-corrected chi connectivity index (χ2v) is 7.44. The van der Waals surface area contributed by atoms with Gasteiger partial charge in [-0.05, 0) is 6.42 Å². The average molecular weight is 344 g/mol. The highest BCUT2D eigenvalue weighted by Gasteiger charge is 2.45. The van der Waals surface area contributed by atoms with Gasteiger partial charge in [-0.15, -0.1) is 5.10 Å². The van der Waals surface area contributed by atoms with Crippen LogP contribution in [-0.4, -0.2) is 44.4 Å². The summed E-state index contributed by atoms with van der Waals surface area (Å²) in [5, 5.41) is 4.37. The Morgan fingerprint density at radius 1 is 1.32 bits per heavy atom. The van der Waals surface area contributed by atoms with Crippen LogP contribution in [0.25, 0.3) is 0 Å². The van der Waals surface area contributed by atoms with Gasteiger partial charge in [0.05, 0.1) is 12.0 Å². The molecule has 1 aromatic heterocycles. The van der Waals surface area contributed by atoms with Gasteiger partial charge in [-0.3, -0.25) is 9.59 Å². The standard InChI is InChI=1S/C18H21FN4O2/c1-11(24)22-9-12(10-22)15(25)16-20-17-13(19)8-14(23(17)21-16)18(2)6-4-3-5-7-18/h3-6,12-14H,7-10H2,1-2H3/t13-,14-,18?/m0/s1. The maximum Gasteiger partial charge on any atom is 0.219 e. The second-order valence-electron chi connectivity index (χ2n) is 7.44. The van der Waals surface area contributed by atoms with Crippen LogP contribution in [0.1, 0.15) is 55.3 Å². The van der Waals surface area contributed by atoms with Crippen molar-refractivity contribution in [3.05, 3.63) is 36.0 Å². The van der Waals surface area contributed by atoms with Gasteiger partial charge in [0.1, 0.15) is 0 Å². The van der Waals surface area contributed by atoms with Crippen LogP contribution in [0.3, 0.4) is 0 Å². The number of fused-ring (bicyclic) bond motifs is 1. The van der Waals surface area contributed by atoms with Gasteiger partial charge in [0.2, 0.25) is 17.5 Å². The molecular weight excluding hydrogens is 323 g/mol. The Labute approximate surface area is 145 Å². The van der Waals surface area contributed by atoms with Gasteiger partial charge in [-0.2, -0.15) is 0 Å². The van der Waals surface area contributed by atoms with E-state index in [0.29, 0.717) is 19.5 Å². The molecule has 2 aliphatic heterocycles. The van der Waals surface area contributed by atoms with Crippen molar-refractivity contribution in [3.8, 4) is 0 Å². The molecule has 1 unspecified atom stereocenters. The highest BCUT2D eigenvalue weighted by Crippen LogP contribution is 2.48. The fraction of sp³-hybridized carbons (Fsp3) is 0.556. The van der Waals surface area contributed by atoms with Crippen molar-refractivity contribution in [1.82, 2.24) is 19.7 Å². The predicted octanol–water partition coefficient (Wildman–Crippen LogP) is 2.42. The Kier molecular flexibility index (Phi) is 3.63. The molecule has 4 rings (SSSR count). The molecule has 0 spiro atoms. The first-order valence-corrected chi connectivity index (χ1v) is 8.63. The lowest BCUT2D eigenvalue weighted by molar-refractivity contribution is -0.133. The van der Waals surface area contributed by atoms with Crippen molar-refractivity contribution < 1.29 is 14.0 Å². The van der Waals surface area contributed by atoms with Crippen molar-refractivity contribution in [3.63, 3.8) is 0 Å². The summed E-state index contributed by atoms with van der Waals surface area (Å²) in [6.45, 7) is 4.35. The van der Waals surface area contributed by atoms with E-state index in [1.165, 1.54) is 6.92 Å². The number of hydrogen-bond acceptors (Lipinski definition) is 4. The number of carbonyl (C=O) groups excluding carboxylic acids is 2. The molecule has 6 nitrogen and oxygen atoms in total. The first-order valence-electron chi connectivity index (χ1n) is 8.63. The van der Waals surface area contributed by atoms with E-state index in [1.54, 1.807) is 9.58 Å². The van der Waals surface area contributed by atoms with Crippen LogP contribution in [-0.2, 0) is 4.79 Å². The molecule has 132 valence electrons. The zero-order valence-corrected chi connectivity index (χ0v) is 14.4. The zero-order chi connectivity index (χ0) is 17.8. The maximum atomic E-state index is 14.5. The average Bonchev–Trinajstić information content (AvgIpc) is 3.07. The summed E-state index contributed by atoms with van der Waals surface area (Å²) >= 11 is 0. The Bertz CT molecular complexity index is 793. The minimum atomic E-state index is -1.20. The number of carbonyl (C=O) groups is 2. The Morgan fingerprint density at radius 3 is 2.72 bits per heavy atom. The van der Waals surface area contributed by atoms with Crippen molar-refractivity contribution >= 4 is 11.7 Å². The van der Waals surface area contributed by atoms with E-state index >= 15 is 0 Å². The van der Waals surface area contributed by atoms with Gasteiger partial charge in [0.15, 0.2) is 12.0 Å². The number of aromatic nitrogens is 3. The maximum absolute atomic E-state index is 14.5. The topological polar surface area (TPSA) is 68.1 Å². The van der Waals surface area contributed by atoms with Crippen molar-refractivity contribution in [2.45, 2.75) is 38.9 Å². The Hall–Kier alpha value is -2.31. The van der Waals surface area contributed by atoms with Gasteiger partial charge in [0.25, 0.3) is 0 Å². The van der Waals surface area contributed by atoms with E-state index in [1.807, 2.05) is 12.2 Å². The molecule has 7 heteroatoms. The molecule has 0 aromatic carbocycles. The SMILES string of the molecule is CC(=O)N1CC(C(=O)c2nc3n(n2)[C@H](C2(C)C=CC=CC2)C[C@@H]3F)C1. The van der Waals surface area contributed by atoms with Crippen LogP contribution in [0.15, 0.2) is 24.3 Å². The van der Waals surface area contributed by atoms with E-state index in [0.717, 1.165) is 6.42 Å². The second kappa shape index (κ2) is 5.61. The smallest absolute Gasteiger partial charge is 0.219 e. The highest BCUT2D eigenvalue weighted by atomic mass is 19.1. The lowest BCUT2D eigenvalue weighted by atomic mass is 9.76. The number of alkyl halides is 1. The lowest BCUT2D eigenvalue weighted by Gasteiger charge is -2.37. The highest BCUT2D eigenvalue weighted by molar-refractivity contribution is 5.96. The van der Waals surface area contributed by atoms with Crippen LogP contribution < -0.4 is 0 Å². The lowest BCUT2D eigenvalue weighted by Crippen LogP contribution is -2.52. The minimum absolute atomic E-state index is 0.0432. The normalized spacial score (nSPS) is 31.1. The fourth-order valence-electron chi connectivity index (χ4n) is 3.91. The number of halogens is 1. The quantitative estimate of drug-likeness (QED) is 0.790. The monoisotopic (exact) mass is 344 g/mol. The molecule has 0 saturated carbocycles. The first kappa shape index (κ1) is 16.2. The summed E-state index contributed by atoms with van der Waals surface area (Å²) in [5.41, 5.74) is -0.236. The summed E-state index contributed by atoms with van der Waals surface area (Å²) in [4.78, 5) is 29.6. The van der Waals surface area contributed by atoms with Gasteiger partial charge < -0.3 is 4.90 Å². The van der Waals surface area contributed by atoms with Gasteiger partial charge in [-0.25, -0.2) is 14.1 Å². The molecule has 1 amide bonds. The third-order valence-corrected chi connectivity index (χ3v) is 5.62. The molecule has 0 N–H and O–H groups in total. The van der Waals surface area contributed by atoms with Crippen LogP contribution in [0, 0.1) is 11.3 Å². The summed E-state index contributed by atoms with van der Waals surface area (Å²) in [6.07, 6.45) is 8.05. The molecule has 1 aliphatic carbocycles. The largest absolute Gasteiger partial charge is 0.341 e. The zero-order valence-electron chi connectivity index (χ0n) is 14.4. The molecule has 25 heavy (non-hydrogen) atoms. The molecule has 3 heterocycles. The molecule has 1 saturated heterocycles. The number of rotatable bonds is 3. The third kappa shape index (κ3) is 2.53. The Morgan fingerprint density at radius 2 is 2.08 bits per heavy atom. The van der Waals surface area contributed by atoms with E-state index in [2.05, 4.69) is 29.2 Å². The number of allylic oxidation sites excluding steroid dienone is 4. The molecule has 3 atom stereocenters. The summed E-state index contributed by atoms with van der Waals surface area (Å²) < 4.78 is 16.1. The van der Waals surface area contributed by atoms with Gasteiger partial charge in [-0.1, -0.05) is 31.2 Å². The summed E-state index contributed by atoms with van der Waals surface area (Å²) in [5.74, 6) is -0.195. The van der Waals surface area contributed by atoms with Crippen molar-refractivity contribution in [1.29, 1.82) is 0 Å². The summed E-state index contributed by atoms with van der Waals surface area (Å²) in [7, 11) is 0. The number of ketones is 1. The number of amides is 1. The molecule has 1 aromatic rings. The van der Waals surface area contributed by atoms with E-state index in [9.17, 15) is 14.0 Å². The molecule has 0 bridgehead atoms. The van der Waals surface area contributed by atoms with Crippen LogP contribution >= 0.6 is 0 Å². The molecular formula is C18H21FN4O2. The van der Waals surface area contributed by atoms with E-state index in [-0.39, 0.29) is 40.7 Å². The van der Waals surface area contributed by atoms with E-state index in [4.69, 9.17) is 0 Å². The minimum Gasteiger partial charge on any atom is -0.341 e. The van der Waals surface area contributed by atoms with Gasteiger partial charge in [0, 0.05) is 31.8 Å². The van der Waals surface area contributed by atoms with Crippen molar-refractivity contribution in [2.75, 3.05) is 13.1 Å². The molecule has 0 radical (unpaired) electrons. The summed E-state index contributed by atoms with van der Waals surface area (Å²) in [6, 6.07) is -0.150. The van der Waals surface area contributed by atoms with E-state index < -0.39 is 6.17 Å². The van der Waals surface area contributed by atoms with Crippen LogP contribution in [0.5, 0.6) is 0 Å². The predicted molar refractivity (Wildman–Crippen MR) is 88.6 cm³/mol. The Balaban J connectivity index is 1.57. The fourth-order valence-corrected chi connectivity index (χ4v) is 3.91. The number of nitrogens with zero attached hydrogens (tertiary/aromatic N) is 4. The molecule has 1 fully saturated rings. The van der Waals surface area contributed by atoms with Gasteiger partial charge >= 0.3 is 0 Å². The first-order chi connectivity index (χ1) is 11.9. The number of likely N-dealkylation sites (tertiary alicyclic amines) is 1. The van der Waals surface area contributed by atoms with Crippen LogP contribution in [0.2, 0.25) is 0 Å². The van der Waals surface area contributed by atoms with Crippen molar-refractivity contribution in [2.24, 2.45) is 11.3 Å². The van der Waals surface area contributed by atoms with Crippen LogP contribution in [0.4, 0.5) is 4.39 Å².